The smallest absolute Gasteiger partial charge is 0.258 e. The first-order valence-corrected chi connectivity index (χ1v) is 10.3. The van der Waals surface area contributed by atoms with Crippen molar-refractivity contribution in [3.05, 3.63) is 76.3 Å². The Labute approximate surface area is 188 Å². The monoisotopic (exact) mass is 457 g/mol. The van der Waals surface area contributed by atoms with Gasteiger partial charge in [0.15, 0.2) is 5.65 Å². The van der Waals surface area contributed by atoms with E-state index >= 15 is 0 Å². The van der Waals surface area contributed by atoms with Crippen molar-refractivity contribution < 1.29 is 19.0 Å². The number of ether oxygens (including phenoxy) is 1. The van der Waals surface area contributed by atoms with Gasteiger partial charge in [-0.2, -0.15) is 5.10 Å². The van der Waals surface area contributed by atoms with Gasteiger partial charge in [0.1, 0.15) is 17.8 Å². The molecular formula is C22H21ClFN5O3. The van der Waals surface area contributed by atoms with Crippen LogP contribution < -0.4 is 10.1 Å². The zero-order valence-corrected chi connectivity index (χ0v) is 18.0. The minimum absolute atomic E-state index is 0.0790. The molecule has 0 bridgehead atoms. The summed E-state index contributed by atoms with van der Waals surface area (Å²) in [5.74, 6) is -0.760. The number of aliphatic hydroxyl groups excluding tert-OH is 1. The highest BCUT2D eigenvalue weighted by molar-refractivity contribution is 6.30. The predicted octanol–water partition coefficient (Wildman–Crippen LogP) is 2.70. The quantitative estimate of drug-likeness (QED) is 0.418. The van der Waals surface area contributed by atoms with E-state index < -0.39 is 11.9 Å². The third-order valence-corrected chi connectivity index (χ3v) is 5.17. The lowest BCUT2D eigenvalue weighted by Gasteiger charge is -2.17. The van der Waals surface area contributed by atoms with Crippen LogP contribution in [0, 0.1) is 5.82 Å². The first-order chi connectivity index (χ1) is 15.5. The SMILES string of the molecule is CNC[C@@H](O)CC=C=COc1cc(F)ccc1C(=O)N1Cc2nn3cc(Cl)cnc3c2C1. The Bertz CT molecular complexity index is 1220. The Morgan fingerprint density at radius 2 is 2.31 bits per heavy atom. The minimum atomic E-state index is -0.545. The molecule has 4 rings (SSSR count). The lowest BCUT2D eigenvalue weighted by molar-refractivity contribution is 0.0747. The second-order valence-electron chi connectivity index (χ2n) is 7.32. The first kappa shape index (κ1) is 22.0. The number of nitrogens with one attached hydrogen (secondary N) is 1. The molecule has 0 fully saturated rings. The third-order valence-electron chi connectivity index (χ3n) is 4.97. The zero-order chi connectivity index (χ0) is 22.7. The predicted molar refractivity (Wildman–Crippen MR) is 116 cm³/mol. The summed E-state index contributed by atoms with van der Waals surface area (Å²) >= 11 is 5.96. The summed E-state index contributed by atoms with van der Waals surface area (Å²) in [6, 6.07) is 3.75. The Morgan fingerprint density at radius 1 is 1.47 bits per heavy atom. The summed E-state index contributed by atoms with van der Waals surface area (Å²) in [7, 11) is 1.75. The van der Waals surface area contributed by atoms with Gasteiger partial charge in [0.2, 0.25) is 0 Å². The maximum atomic E-state index is 13.8. The molecule has 0 saturated carbocycles. The van der Waals surface area contributed by atoms with E-state index in [9.17, 15) is 14.3 Å². The van der Waals surface area contributed by atoms with Gasteiger partial charge in [-0.15, -0.1) is 0 Å². The van der Waals surface area contributed by atoms with Crippen LogP contribution >= 0.6 is 11.6 Å². The summed E-state index contributed by atoms with van der Waals surface area (Å²) in [5, 5.41) is 17.5. The molecule has 2 aromatic heterocycles. The van der Waals surface area contributed by atoms with Gasteiger partial charge in [-0.1, -0.05) is 17.3 Å². The van der Waals surface area contributed by atoms with Crippen molar-refractivity contribution in [2.45, 2.75) is 25.6 Å². The number of hydrogen-bond acceptors (Lipinski definition) is 6. The van der Waals surface area contributed by atoms with Crippen molar-refractivity contribution >= 4 is 23.2 Å². The van der Waals surface area contributed by atoms with Crippen LogP contribution in [0.4, 0.5) is 4.39 Å². The summed E-state index contributed by atoms with van der Waals surface area (Å²) in [5.41, 5.74) is 5.22. The molecule has 1 aliphatic rings. The second-order valence-corrected chi connectivity index (χ2v) is 7.76. The lowest BCUT2D eigenvalue weighted by Crippen LogP contribution is -2.26. The van der Waals surface area contributed by atoms with Crippen molar-refractivity contribution in [3.8, 4) is 5.75 Å². The van der Waals surface area contributed by atoms with Crippen molar-refractivity contribution in [2.24, 2.45) is 0 Å². The second kappa shape index (κ2) is 9.50. The Balaban J connectivity index is 1.49. The maximum Gasteiger partial charge on any atom is 0.258 e. The van der Waals surface area contributed by atoms with Crippen LogP contribution in [-0.2, 0) is 13.1 Å². The standard InChI is InChI=1S/C22H21ClFN5O3/c1-25-10-16(30)4-2-3-7-32-20-8-15(24)5-6-17(20)22(31)28-12-18-19(13-28)27-29-11-14(23)9-26-21(18)29/h2,5-9,11,16,25,30H,4,10,12-13H2,1H3/t3?,16-/m0/s1. The van der Waals surface area contributed by atoms with Gasteiger partial charge in [0.25, 0.3) is 5.91 Å². The fraction of sp³-hybridized carbons (Fsp3) is 0.273. The molecule has 166 valence electrons. The number of nitrogens with zero attached hydrogens (tertiary/aromatic N) is 4. The summed E-state index contributed by atoms with van der Waals surface area (Å²) in [4.78, 5) is 19.1. The van der Waals surface area contributed by atoms with Gasteiger partial charge in [0, 0.05) is 30.8 Å². The van der Waals surface area contributed by atoms with Crippen LogP contribution in [-0.4, -0.2) is 50.2 Å². The molecule has 3 heterocycles. The highest BCUT2D eigenvalue weighted by Crippen LogP contribution is 2.29. The number of halogens is 2. The summed E-state index contributed by atoms with van der Waals surface area (Å²) < 4.78 is 20.9. The Morgan fingerprint density at radius 3 is 3.12 bits per heavy atom. The van der Waals surface area contributed by atoms with Crippen LogP contribution in [0.25, 0.3) is 5.65 Å². The van der Waals surface area contributed by atoms with E-state index in [0.29, 0.717) is 36.7 Å². The molecule has 2 N–H and O–H groups in total. The number of hydrogen-bond donors (Lipinski definition) is 2. The number of aromatic nitrogens is 3. The van der Waals surface area contributed by atoms with E-state index in [1.165, 1.54) is 24.6 Å². The first-order valence-electron chi connectivity index (χ1n) is 9.95. The van der Waals surface area contributed by atoms with Gasteiger partial charge >= 0.3 is 0 Å². The molecule has 1 atom stereocenters. The van der Waals surface area contributed by atoms with Gasteiger partial charge in [-0.3, -0.25) is 4.79 Å². The molecule has 3 aromatic rings. The number of benzene rings is 1. The fourth-order valence-corrected chi connectivity index (χ4v) is 3.62. The number of carbonyl (C=O) groups is 1. The van der Waals surface area contributed by atoms with Crippen LogP contribution in [0.3, 0.4) is 0 Å². The molecule has 0 saturated heterocycles. The molecule has 0 unspecified atom stereocenters. The number of carbonyl (C=O) groups excluding carboxylic acids is 1. The molecule has 8 nitrogen and oxygen atoms in total. The Hall–Kier alpha value is -3.23. The third kappa shape index (κ3) is 4.66. The highest BCUT2D eigenvalue weighted by atomic mass is 35.5. The minimum Gasteiger partial charge on any atom is -0.456 e. The fourth-order valence-electron chi connectivity index (χ4n) is 3.47. The molecule has 0 radical (unpaired) electrons. The summed E-state index contributed by atoms with van der Waals surface area (Å²) in [6.07, 6.45) is 5.87. The van der Waals surface area contributed by atoms with Crippen molar-refractivity contribution in [3.63, 3.8) is 0 Å². The molecule has 0 spiro atoms. The van der Waals surface area contributed by atoms with E-state index in [-0.39, 0.29) is 17.2 Å². The van der Waals surface area contributed by atoms with Gasteiger partial charge in [-0.25, -0.2) is 13.9 Å². The summed E-state index contributed by atoms with van der Waals surface area (Å²) in [6.45, 7) is 1.07. The van der Waals surface area contributed by atoms with E-state index in [1.807, 2.05) is 0 Å². The van der Waals surface area contributed by atoms with E-state index in [0.717, 1.165) is 17.3 Å². The average Bonchev–Trinajstić information content (AvgIpc) is 3.31. The van der Waals surface area contributed by atoms with Crippen LogP contribution in [0.15, 0.2) is 48.7 Å². The molecular weight excluding hydrogens is 437 g/mol. The lowest BCUT2D eigenvalue weighted by atomic mass is 10.1. The molecule has 1 amide bonds. The zero-order valence-electron chi connectivity index (χ0n) is 17.3. The molecule has 10 heteroatoms. The number of likely N-dealkylation sites (N-methyl/N-ethyl adjacent to an activating group) is 1. The maximum absolute atomic E-state index is 13.8. The highest BCUT2D eigenvalue weighted by Gasteiger charge is 2.30. The molecule has 0 aliphatic carbocycles. The molecule has 1 aliphatic heterocycles. The van der Waals surface area contributed by atoms with E-state index in [2.05, 4.69) is 21.1 Å². The van der Waals surface area contributed by atoms with E-state index in [1.54, 1.807) is 28.7 Å². The van der Waals surface area contributed by atoms with Crippen LogP contribution in [0.5, 0.6) is 5.75 Å². The average molecular weight is 458 g/mol. The van der Waals surface area contributed by atoms with Gasteiger partial charge in [-0.05, 0) is 25.3 Å². The van der Waals surface area contributed by atoms with Crippen molar-refractivity contribution in [1.82, 2.24) is 24.8 Å². The van der Waals surface area contributed by atoms with Crippen molar-refractivity contribution in [2.75, 3.05) is 13.6 Å². The van der Waals surface area contributed by atoms with Crippen molar-refractivity contribution in [1.29, 1.82) is 0 Å². The normalized spacial score (nSPS) is 13.6. The van der Waals surface area contributed by atoms with Gasteiger partial charge in [0.05, 0.1) is 41.7 Å². The molecule has 32 heavy (non-hydrogen) atoms. The number of fused-ring (bicyclic) bond motifs is 3. The largest absolute Gasteiger partial charge is 0.456 e. The number of aliphatic hydroxyl groups is 1. The molecule has 1 aromatic carbocycles. The topological polar surface area (TPSA) is 92.0 Å². The van der Waals surface area contributed by atoms with Crippen LogP contribution in [0.1, 0.15) is 28.0 Å². The van der Waals surface area contributed by atoms with E-state index in [4.69, 9.17) is 16.3 Å². The van der Waals surface area contributed by atoms with Crippen LogP contribution in [0.2, 0.25) is 5.02 Å². The Kier molecular flexibility index (Phi) is 6.53. The number of rotatable bonds is 7. The van der Waals surface area contributed by atoms with Gasteiger partial charge < -0.3 is 20.1 Å². The number of amides is 1.